The molecule has 0 aliphatic carbocycles. The van der Waals surface area contributed by atoms with Crippen molar-refractivity contribution in [2.75, 3.05) is 40.4 Å². The fraction of sp³-hybridized carbons (Fsp3) is 0.391. The molecule has 1 heterocycles. The minimum absolute atomic E-state index is 0.0275. The van der Waals surface area contributed by atoms with Crippen LogP contribution in [0.1, 0.15) is 28.8 Å². The number of carbonyl (C=O) groups is 2. The first-order valence-electron chi connectivity index (χ1n) is 10.1. The fourth-order valence-electron chi connectivity index (χ4n) is 3.62. The van der Waals surface area contributed by atoms with E-state index in [9.17, 15) is 14.0 Å². The molecule has 1 aliphatic rings. The maximum atomic E-state index is 13.3. The second kappa shape index (κ2) is 10.1. The number of rotatable bonds is 6. The summed E-state index contributed by atoms with van der Waals surface area (Å²) in [6.45, 7) is 2.15. The summed E-state index contributed by atoms with van der Waals surface area (Å²) in [6.07, 6.45) is 1.54. The van der Waals surface area contributed by atoms with Gasteiger partial charge in [-0.05, 0) is 48.7 Å². The van der Waals surface area contributed by atoms with E-state index in [-0.39, 0.29) is 17.6 Å². The Kier molecular flexibility index (Phi) is 7.27. The lowest BCUT2D eigenvalue weighted by atomic mass is 10.1. The third kappa shape index (κ3) is 5.28. The fourth-order valence-corrected chi connectivity index (χ4v) is 3.62. The number of carbonyl (C=O) groups excluding carboxylic acids is 2. The molecule has 160 valence electrons. The second-order valence-corrected chi connectivity index (χ2v) is 7.23. The first kappa shape index (κ1) is 21.6. The van der Waals surface area contributed by atoms with Gasteiger partial charge in [0.2, 0.25) is 5.91 Å². The van der Waals surface area contributed by atoms with Crippen LogP contribution in [0.5, 0.6) is 11.5 Å². The number of ether oxygens (including phenoxy) is 2. The Morgan fingerprint density at radius 1 is 0.933 bits per heavy atom. The molecule has 0 saturated carbocycles. The summed E-state index contributed by atoms with van der Waals surface area (Å²) >= 11 is 0. The summed E-state index contributed by atoms with van der Waals surface area (Å²) in [5, 5.41) is 0. The summed E-state index contributed by atoms with van der Waals surface area (Å²) in [5.74, 6) is 0.719. The van der Waals surface area contributed by atoms with Crippen LogP contribution in [0.4, 0.5) is 4.39 Å². The maximum absolute atomic E-state index is 13.3. The molecular formula is C23H27FN2O4. The smallest absolute Gasteiger partial charge is 0.254 e. The van der Waals surface area contributed by atoms with Crippen molar-refractivity contribution in [3.8, 4) is 11.5 Å². The van der Waals surface area contributed by atoms with Gasteiger partial charge in [-0.15, -0.1) is 0 Å². The van der Waals surface area contributed by atoms with Crippen molar-refractivity contribution in [1.82, 2.24) is 9.80 Å². The molecule has 0 radical (unpaired) electrons. The van der Waals surface area contributed by atoms with Gasteiger partial charge in [0.1, 0.15) is 5.82 Å². The van der Waals surface area contributed by atoms with E-state index in [1.807, 2.05) is 6.07 Å². The zero-order chi connectivity index (χ0) is 21.5. The van der Waals surface area contributed by atoms with E-state index in [0.717, 1.165) is 5.56 Å². The van der Waals surface area contributed by atoms with Crippen LogP contribution in [0.2, 0.25) is 0 Å². The Balaban J connectivity index is 1.57. The molecular weight excluding hydrogens is 387 g/mol. The summed E-state index contributed by atoms with van der Waals surface area (Å²) in [5.41, 5.74) is 1.34. The van der Waals surface area contributed by atoms with Gasteiger partial charge in [0.15, 0.2) is 11.5 Å². The van der Waals surface area contributed by atoms with Crippen molar-refractivity contribution in [3.63, 3.8) is 0 Å². The van der Waals surface area contributed by atoms with E-state index in [1.54, 1.807) is 41.2 Å². The number of benzene rings is 2. The van der Waals surface area contributed by atoms with Gasteiger partial charge in [0.25, 0.3) is 5.91 Å². The van der Waals surface area contributed by atoms with Crippen LogP contribution >= 0.6 is 0 Å². The molecule has 1 aliphatic heterocycles. The highest BCUT2D eigenvalue weighted by Crippen LogP contribution is 2.28. The van der Waals surface area contributed by atoms with Gasteiger partial charge in [-0.1, -0.05) is 12.1 Å². The van der Waals surface area contributed by atoms with Crippen LogP contribution in [-0.4, -0.2) is 62.0 Å². The molecule has 1 saturated heterocycles. The number of aryl methyl sites for hydroxylation is 1. The molecule has 2 aromatic rings. The molecule has 6 nitrogen and oxygen atoms in total. The minimum atomic E-state index is -0.293. The van der Waals surface area contributed by atoms with E-state index >= 15 is 0 Å². The van der Waals surface area contributed by atoms with Gasteiger partial charge in [0.05, 0.1) is 14.2 Å². The molecule has 3 rings (SSSR count). The quantitative estimate of drug-likeness (QED) is 0.729. The standard InChI is InChI=1S/C23H27FN2O4/c1-29-20-9-8-18(16-21(20)30-2)23(28)26-12-4-11-25(13-14-26)22(27)10-7-17-5-3-6-19(24)15-17/h3,5-6,8-9,15-16H,4,7,10-14H2,1-2H3. The predicted octanol–water partition coefficient (Wildman–Crippen LogP) is 3.15. The molecule has 0 atom stereocenters. The molecule has 30 heavy (non-hydrogen) atoms. The predicted molar refractivity (Wildman–Crippen MR) is 111 cm³/mol. The Morgan fingerprint density at radius 3 is 2.40 bits per heavy atom. The monoisotopic (exact) mass is 414 g/mol. The Labute approximate surface area is 176 Å². The average Bonchev–Trinajstić information content (AvgIpc) is 3.03. The van der Waals surface area contributed by atoms with Crippen molar-refractivity contribution in [3.05, 3.63) is 59.4 Å². The van der Waals surface area contributed by atoms with Crippen LogP contribution < -0.4 is 9.47 Å². The highest BCUT2D eigenvalue weighted by atomic mass is 19.1. The summed E-state index contributed by atoms with van der Waals surface area (Å²) in [6, 6.07) is 11.4. The van der Waals surface area contributed by atoms with E-state index in [4.69, 9.17) is 9.47 Å². The molecule has 0 bridgehead atoms. The number of nitrogens with zero attached hydrogens (tertiary/aromatic N) is 2. The van der Waals surface area contributed by atoms with Crippen LogP contribution in [0.3, 0.4) is 0 Å². The molecule has 0 aromatic heterocycles. The van der Waals surface area contributed by atoms with Crippen LogP contribution in [0, 0.1) is 5.82 Å². The third-order valence-electron chi connectivity index (χ3n) is 5.28. The number of hydrogen-bond acceptors (Lipinski definition) is 4. The summed E-state index contributed by atoms with van der Waals surface area (Å²) in [7, 11) is 3.08. The van der Waals surface area contributed by atoms with E-state index in [2.05, 4.69) is 0 Å². The summed E-state index contributed by atoms with van der Waals surface area (Å²) in [4.78, 5) is 29.1. The van der Waals surface area contributed by atoms with Gasteiger partial charge < -0.3 is 19.3 Å². The lowest BCUT2D eigenvalue weighted by Gasteiger charge is -2.22. The zero-order valence-corrected chi connectivity index (χ0v) is 17.4. The van der Waals surface area contributed by atoms with Crippen LogP contribution in [0.15, 0.2) is 42.5 Å². The molecule has 0 unspecified atom stereocenters. The SMILES string of the molecule is COc1ccc(C(=O)N2CCCN(C(=O)CCc3cccc(F)c3)CC2)cc1OC. The lowest BCUT2D eigenvalue weighted by Crippen LogP contribution is -2.37. The Bertz CT molecular complexity index is 903. The van der Waals surface area contributed by atoms with E-state index in [1.165, 1.54) is 19.2 Å². The van der Waals surface area contributed by atoms with Gasteiger partial charge in [0, 0.05) is 38.2 Å². The third-order valence-corrected chi connectivity index (χ3v) is 5.28. The van der Waals surface area contributed by atoms with Gasteiger partial charge in [-0.25, -0.2) is 4.39 Å². The molecule has 2 aromatic carbocycles. The first-order chi connectivity index (χ1) is 14.5. The van der Waals surface area contributed by atoms with Gasteiger partial charge in [-0.2, -0.15) is 0 Å². The first-order valence-corrected chi connectivity index (χ1v) is 10.1. The highest BCUT2D eigenvalue weighted by Gasteiger charge is 2.23. The molecule has 0 N–H and O–H groups in total. The molecule has 1 fully saturated rings. The highest BCUT2D eigenvalue weighted by molar-refractivity contribution is 5.95. The number of halogens is 1. The second-order valence-electron chi connectivity index (χ2n) is 7.23. The largest absolute Gasteiger partial charge is 0.493 e. The number of hydrogen-bond donors (Lipinski definition) is 0. The van der Waals surface area contributed by atoms with E-state index in [0.29, 0.717) is 62.5 Å². The van der Waals surface area contributed by atoms with Crippen LogP contribution in [-0.2, 0) is 11.2 Å². The molecule has 7 heteroatoms. The average molecular weight is 414 g/mol. The lowest BCUT2D eigenvalue weighted by molar-refractivity contribution is -0.131. The van der Waals surface area contributed by atoms with Crippen molar-refractivity contribution in [2.45, 2.75) is 19.3 Å². The van der Waals surface area contributed by atoms with Gasteiger partial charge in [-0.3, -0.25) is 9.59 Å². The normalized spacial score (nSPS) is 14.2. The maximum Gasteiger partial charge on any atom is 0.254 e. The van der Waals surface area contributed by atoms with Crippen molar-refractivity contribution < 1.29 is 23.5 Å². The molecule has 2 amide bonds. The summed E-state index contributed by atoms with van der Waals surface area (Å²) < 4.78 is 23.8. The Hall–Kier alpha value is -3.09. The zero-order valence-electron chi connectivity index (χ0n) is 17.4. The van der Waals surface area contributed by atoms with Crippen LogP contribution in [0.25, 0.3) is 0 Å². The van der Waals surface area contributed by atoms with Crippen molar-refractivity contribution in [1.29, 1.82) is 0 Å². The van der Waals surface area contributed by atoms with Gasteiger partial charge >= 0.3 is 0 Å². The van der Waals surface area contributed by atoms with Crippen molar-refractivity contribution >= 4 is 11.8 Å². The Morgan fingerprint density at radius 2 is 1.67 bits per heavy atom. The number of methoxy groups -OCH3 is 2. The molecule has 0 spiro atoms. The number of amides is 2. The van der Waals surface area contributed by atoms with Crippen molar-refractivity contribution in [2.24, 2.45) is 0 Å². The minimum Gasteiger partial charge on any atom is -0.493 e. The van der Waals surface area contributed by atoms with E-state index < -0.39 is 0 Å². The topological polar surface area (TPSA) is 59.1 Å².